The molecule has 2 aromatic rings. The molecule has 0 bridgehead atoms. The van der Waals surface area contributed by atoms with Crippen molar-refractivity contribution in [1.82, 2.24) is 9.97 Å². The minimum absolute atomic E-state index is 0.169. The molecule has 162 valence electrons. The first-order chi connectivity index (χ1) is 14.3. The van der Waals surface area contributed by atoms with Gasteiger partial charge in [0.1, 0.15) is 24.1 Å². The van der Waals surface area contributed by atoms with E-state index in [1.165, 1.54) is 17.5 Å². The number of aryl methyl sites for hydroxylation is 1. The minimum atomic E-state index is -4.11. The molecule has 0 amide bonds. The topological polar surface area (TPSA) is 160 Å². The van der Waals surface area contributed by atoms with E-state index in [0.29, 0.717) is 18.1 Å². The first-order valence-corrected chi connectivity index (χ1v) is 11.2. The van der Waals surface area contributed by atoms with E-state index in [0.717, 1.165) is 12.8 Å². The van der Waals surface area contributed by atoms with Crippen LogP contribution in [0.3, 0.4) is 0 Å². The molecule has 4 rings (SSSR count). The molecule has 0 saturated heterocycles. The SMILES string of the molecule is NS(=O)(=O)OC[C@H]1C[C@@H](Nc2cc(N[C@@H]3CCc4ccccc43)ncn2)[C@H](O)[C@@H]1O. The Kier molecular flexibility index (Phi) is 5.89. The van der Waals surface area contributed by atoms with Crippen molar-refractivity contribution in [3.05, 3.63) is 47.8 Å². The number of aliphatic hydroxyl groups is 2. The van der Waals surface area contributed by atoms with E-state index in [1.807, 2.05) is 12.1 Å². The van der Waals surface area contributed by atoms with Crippen LogP contribution in [-0.2, 0) is 20.9 Å². The third-order valence-electron chi connectivity index (χ3n) is 5.70. The monoisotopic (exact) mass is 435 g/mol. The highest BCUT2D eigenvalue weighted by atomic mass is 32.2. The Balaban J connectivity index is 1.40. The highest BCUT2D eigenvalue weighted by Crippen LogP contribution is 2.34. The van der Waals surface area contributed by atoms with Crippen molar-refractivity contribution in [3.63, 3.8) is 0 Å². The summed E-state index contributed by atoms with van der Waals surface area (Å²) in [5.41, 5.74) is 2.59. The molecule has 2 aliphatic rings. The second-order valence-corrected chi connectivity index (χ2v) is 8.95. The van der Waals surface area contributed by atoms with Crippen molar-refractivity contribution >= 4 is 21.9 Å². The van der Waals surface area contributed by atoms with Gasteiger partial charge in [0.25, 0.3) is 0 Å². The van der Waals surface area contributed by atoms with Crippen molar-refractivity contribution < 1.29 is 22.8 Å². The molecule has 0 unspecified atom stereocenters. The highest BCUT2D eigenvalue weighted by Gasteiger charge is 2.42. The summed E-state index contributed by atoms with van der Waals surface area (Å²) in [7, 11) is -4.11. The largest absolute Gasteiger partial charge is 0.390 e. The first-order valence-electron chi connectivity index (χ1n) is 9.76. The van der Waals surface area contributed by atoms with Crippen LogP contribution in [0.2, 0.25) is 0 Å². The van der Waals surface area contributed by atoms with Crippen LogP contribution in [0.15, 0.2) is 36.7 Å². The summed E-state index contributed by atoms with van der Waals surface area (Å²) in [5.74, 6) is 0.560. The maximum absolute atomic E-state index is 11.0. The van der Waals surface area contributed by atoms with Crippen LogP contribution in [-0.4, -0.2) is 53.5 Å². The average molecular weight is 436 g/mol. The molecule has 1 aromatic heterocycles. The summed E-state index contributed by atoms with van der Waals surface area (Å²) in [6.07, 6.45) is 1.46. The van der Waals surface area contributed by atoms with Gasteiger partial charge in [0.15, 0.2) is 0 Å². The fourth-order valence-electron chi connectivity index (χ4n) is 4.21. The maximum Gasteiger partial charge on any atom is 0.333 e. The van der Waals surface area contributed by atoms with Gasteiger partial charge in [0, 0.05) is 12.0 Å². The van der Waals surface area contributed by atoms with Crippen molar-refractivity contribution in [1.29, 1.82) is 0 Å². The number of anilines is 2. The van der Waals surface area contributed by atoms with Crippen LogP contribution in [0.1, 0.15) is 30.0 Å². The van der Waals surface area contributed by atoms with Crippen LogP contribution < -0.4 is 15.8 Å². The molecule has 6 N–H and O–H groups in total. The van der Waals surface area contributed by atoms with Crippen LogP contribution in [0, 0.1) is 5.92 Å². The van der Waals surface area contributed by atoms with Crippen LogP contribution in [0.5, 0.6) is 0 Å². The van der Waals surface area contributed by atoms with Gasteiger partial charge in [0.05, 0.1) is 24.8 Å². The predicted octanol–water partition coefficient (Wildman–Crippen LogP) is 0.318. The molecule has 0 radical (unpaired) electrons. The Hall–Kier alpha value is -2.31. The summed E-state index contributed by atoms with van der Waals surface area (Å²) in [4.78, 5) is 8.47. The van der Waals surface area contributed by atoms with Gasteiger partial charge in [-0.1, -0.05) is 24.3 Å². The van der Waals surface area contributed by atoms with Crippen molar-refractivity contribution in [3.8, 4) is 0 Å². The van der Waals surface area contributed by atoms with Gasteiger partial charge in [0.2, 0.25) is 0 Å². The van der Waals surface area contributed by atoms with E-state index in [1.54, 1.807) is 6.07 Å². The first kappa shape index (κ1) is 20.9. The molecular formula is C19H25N5O5S. The lowest BCUT2D eigenvalue weighted by atomic mass is 10.1. The van der Waals surface area contributed by atoms with E-state index >= 15 is 0 Å². The Labute approximate surface area is 174 Å². The maximum atomic E-state index is 11.0. The van der Waals surface area contributed by atoms with E-state index < -0.39 is 34.5 Å². The van der Waals surface area contributed by atoms with Crippen LogP contribution in [0.25, 0.3) is 0 Å². The molecule has 30 heavy (non-hydrogen) atoms. The number of fused-ring (bicyclic) bond motifs is 1. The Morgan fingerprint density at radius 3 is 2.63 bits per heavy atom. The lowest BCUT2D eigenvalue weighted by Crippen LogP contribution is -2.36. The molecular weight excluding hydrogens is 410 g/mol. The number of hydrogen-bond donors (Lipinski definition) is 5. The number of aliphatic hydroxyl groups excluding tert-OH is 2. The third-order valence-corrected chi connectivity index (χ3v) is 6.17. The normalized spacial score (nSPS) is 28.3. The quantitative estimate of drug-likeness (QED) is 0.412. The number of nitrogens with zero attached hydrogens (tertiary/aromatic N) is 2. The van der Waals surface area contributed by atoms with Gasteiger partial charge < -0.3 is 20.8 Å². The molecule has 1 heterocycles. The van der Waals surface area contributed by atoms with Gasteiger partial charge in [-0.2, -0.15) is 8.42 Å². The van der Waals surface area contributed by atoms with Gasteiger partial charge >= 0.3 is 10.3 Å². The molecule has 0 spiro atoms. The van der Waals surface area contributed by atoms with Gasteiger partial charge in [-0.05, 0) is 30.4 Å². The zero-order chi connectivity index (χ0) is 21.3. The number of rotatable bonds is 7. The summed E-state index contributed by atoms with van der Waals surface area (Å²) < 4.78 is 26.5. The van der Waals surface area contributed by atoms with E-state index in [2.05, 4.69) is 36.9 Å². The van der Waals surface area contributed by atoms with Gasteiger partial charge in [-0.25, -0.2) is 15.1 Å². The van der Waals surface area contributed by atoms with Crippen molar-refractivity contribution in [2.75, 3.05) is 17.2 Å². The molecule has 1 aromatic carbocycles. The third kappa shape index (κ3) is 4.71. The molecule has 1 saturated carbocycles. The second kappa shape index (κ2) is 8.44. The summed E-state index contributed by atoms with van der Waals surface area (Å²) in [5, 5.41) is 31.9. The zero-order valence-corrected chi connectivity index (χ0v) is 17.0. The lowest BCUT2D eigenvalue weighted by molar-refractivity contribution is 0.00778. The fraction of sp³-hybridized carbons (Fsp3) is 0.474. The summed E-state index contributed by atoms with van der Waals surface area (Å²) in [6, 6.07) is 9.69. The minimum Gasteiger partial charge on any atom is -0.390 e. The number of nitrogens with one attached hydrogen (secondary N) is 2. The Bertz CT molecular complexity index is 1000. The fourth-order valence-corrected chi connectivity index (χ4v) is 4.57. The number of nitrogens with two attached hydrogens (primary N) is 1. The van der Waals surface area contributed by atoms with E-state index in [4.69, 9.17) is 5.14 Å². The standard InChI is InChI=1S/C19H25N5O5S/c20-30(27,28)29-9-12-7-15(19(26)18(12)25)24-17-8-16(21-10-22-17)23-14-6-5-11-3-1-2-4-13(11)14/h1-4,8,10,12,14-15,18-19,25-26H,5-7,9H2,(H2,20,27,28)(H2,21,22,23,24)/t12-,14-,15-,18-,19+/m1/s1. The Morgan fingerprint density at radius 1 is 1.13 bits per heavy atom. The molecule has 10 nitrogen and oxygen atoms in total. The van der Waals surface area contributed by atoms with Gasteiger partial charge in [-0.15, -0.1) is 0 Å². The highest BCUT2D eigenvalue weighted by molar-refractivity contribution is 7.84. The molecule has 1 fully saturated rings. The number of benzene rings is 1. The second-order valence-electron chi connectivity index (χ2n) is 7.73. The van der Waals surface area contributed by atoms with Gasteiger partial charge in [-0.3, -0.25) is 4.18 Å². The number of aromatic nitrogens is 2. The smallest absolute Gasteiger partial charge is 0.333 e. The predicted molar refractivity (Wildman–Crippen MR) is 110 cm³/mol. The van der Waals surface area contributed by atoms with Crippen molar-refractivity contribution in [2.24, 2.45) is 11.1 Å². The lowest BCUT2D eigenvalue weighted by Gasteiger charge is -2.19. The van der Waals surface area contributed by atoms with Crippen LogP contribution in [0.4, 0.5) is 11.6 Å². The number of hydrogen-bond acceptors (Lipinski definition) is 9. The molecule has 2 aliphatic carbocycles. The van der Waals surface area contributed by atoms with E-state index in [-0.39, 0.29) is 12.6 Å². The van der Waals surface area contributed by atoms with E-state index in [9.17, 15) is 18.6 Å². The van der Waals surface area contributed by atoms with Crippen LogP contribution >= 0.6 is 0 Å². The zero-order valence-electron chi connectivity index (χ0n) is 16.2. The Morgan fingerprint density at radius 2 is 1.87 bits per heavy atom. The molecule has 11 heteroatoms. The molecule has 5 atom stereocenters. The molecule has 0 aliphatic heterocycles. The van der Waals surface area contributed by atoms with Crippen molar-refractivity contribution in [2.45, 2.75) is 43.6 Å². The summed E-state index contributed by atoms with van der Waals surface area (Å²) in [6.45, 7) is -0.299. The summed E-state index contributed by atoms with van der Waals surface area (Å²) >= 11 is 0. The average Bonchev–Trinajstić information content (AvgIpc) is 3.23.